The quantitative estimate of drug-likeness (QED) is 0.811. The standard InChI is InChI=1S/C13H22N2O/c1-9-6-11(10(2)15-9)8-14-12(16)7-13(3,4)5/h6,15H,7-8H2,1-5H3,(H,14,16). The summed E-state index contributed by atoms with van der Waals surface area (Å²) in [6.45, 7) is 10.9. The molecule has 0 saturated carbocycles. The van der Waals surface area contributed by atoms with Gasteiger partial charge in [-0.1, -0.05) is 20.8 Å². The Hall–Kier alpha value is -1.25. The number of rotatable bonds is 3. The fourth-order valence-corrected chi connectivity index (χ4v) is 1.70. The van der Waals surface area contributed by atoms with E-state index in [1.54, 1.807) is 0 Å². The van der Waals surface area contributed by atoms with Crippen LogP contribution in [0.2, 0.25) is 0 Å². The highest BCUT2D eigenvalue weighted by Crippen LogP contribution is 2.18. The minimum atomic E-state index is 0.0488. The van der Waals surface area contributed by atoms with Crippen LogP contribution in [0.4, 0.5) is 0 Å². The van der Waals surface area contributed by atoms with E-state index in [0.717, 1.165) is 11.4 Å². The van der Waals surface area contributed by atoms with Gasteiger partial charge in [0.2, 0.25) is 5.91 Å². The van der Waals surface area contributed by atoms with E-state index < -0.39 is 0 Å². The van der Waals surface area contributed by atoms with Crippen molar-refractivity contribution in [1.29, 1.82) is 0 Å². The molecule has 0 aliphatic carbocycles. The summed E-state index contributed by atoms with van der Waals surface area (Å²) in [4.78, 5) is 14.9. The van der Waals surface area contributed by atoms with Gasteiger partial charge in [-0.15, -0.1) is 0 Å². The van der Waals surface area contributed by atoms with Crippen molar-refractivity contribution in [3.63, 3.8) is 0 Å². The Morgan fingerprint density at radius 1 is 1.38 bits per heavy atom. The number of amides is 1. The maximum absolute atomic E-state index is 11.6. The first-order chi connectivity index (χ1) is 7.28. The number of hydrogen-bond donors (Lipinski definition) is 2. The molecular weight excluding hydrogens is 200 g/mol. The Kier molecular flexibility index (Phi) is 3.79. The maximum Gasteiger partial charge on any atom is 0.220 e. The molecule has 0 saturated heterocycles. The second-order valence-electron chi connectivity index (χ2n) is 5.62. The topological polar surface area (TPSA) is 44.9 Å². The largest absolute Gasteiger partial charge is 0.362 e. The summed E-state index contributed by atoms with van der Waals surface area (Å²) in [5, 5.41) is 2.95. The van der Waals surface area contributed by atoms with Crippen LogP contribution in [-0.2, 0) is 11.3 Å². The van der Waals surface area contributed by atoms with Gasteiger partial charge in [0.15, 0.2) is 0 Å². The zero-order chi connectivity index (χ0) is 12.3. The summed E-state index contributed by atoms with van der Waals surface area (Å²) in [5.74, 6) is 0.116. The lowest BCUT2D eigenvalue weighted by atomic mass is 9.92. The average Bonchev–Trinajstić information content (AvgIpc) is 2.38. The highest BCUT2D eigenvalue weighted by Gasteiger charge is 2.15. The molecule has 0 fully saturated rings. The number of aryl methyl sites for hydroxylation is 2. The van der Waals surface area contributed by atoms with Crippen molar-refractivity contribution in [3.05, 3.63) is 23.0 Å². The predicted octanol–water partition coefficient (Wildman–Crippen LogP) is 2.68. The molecule has 1 rings (SSSR count). The molecule has 0 aliphatic heterocycles. The molecule has 0 spiro atoms. The van der Waals surface area contributed by atoms with Crippen molar-refractivity contribution in [3.8, 4) is 0 Å². The van der Waals surface area contributed by atoms with Gasteiger partial charge in [-0.3, -0.25) is 4.79 Å². The third kappa shape index (κ3) is 4.09. The molecular formula is C13H22N2O. The third-order valence-corrected chi connectivity index (χ3v) is 2.42. The molecule has 1 heterocycles. The summed E-state index contributed by atoms with van der Waals surface area (Å²) >= 11 is 0. The molecule has 3 nitrogen and oxygen atoms in total. The van der Waals surface area contributed by atoms with Crippen molar-refractivity contribution in [1.82, 2.24) is 10.3 Å². The van der Waals surface area contributed by atoms with E-state index in [2.05, 4.69) is 37.1 Å². The summed E-state index contributed by atoms with van der Waals surface area (Å²) in [7, 11) is 0. The van der Waals surface area contributed by atoms with E-state index in [4.69, 9.17) is 0 Å². The molecule has 1 aromatic heterocycles. The van der Waals surface area contributed by atoms with Gasteiger partial charge in [0.1, 0.15) is 0 Å². The molecule has 1 amide bonds. The lowest BCUT2D eigenvalue weighted by molar-refractivity contribution is -0.122. The molecule has 1 aromatic rings. The van der Waals surface area contributed by atoms with Crippen molar-refractivity contribution >= 4 is 5.91 Å². The molecule has 0 aliphatic rings. The molecule has 2 N–H and O–H groups in total. The first kappa shape index (κ1) is 12.8. The SMILES string of the molecule is Cc1cc(CNC(=O)CC(C)(C)C)c(C)[nH]1. The van der Waals surface area contributed by atoms with Crippen LogP contribution in [0.3, 0.4) is 0 Å². The Balaban J connectivity index is 2.46. The molecule has 0 atom stereocenters. The van der Waals surface area contributed by atoms with Crippen molar-refractivity contribution < 1.29 is 4.79 Å². The summed E-state index contributed by atoms with van der Waals surface area (Å²) in [5.41, 5.74) is 3.48. The smallest absolute Gasteiger partial charge is 0.220 e. The Morgan fingerprint density at radius 2 is 2.00 bits per heavy atom. The van der Waals surface area contributed by atoms with Crippen molar-refractivity contribution in [2.75, 3.05) is 0 Å². The van der Waals surface area contributed by atoms with Crippen LogP contribution in [0.1, 0.15) is 44.1 Å². The van der Waals surface area contributed by atoms with Gasteiger partial charge in [0.25, 0.3) is 0 Å². The lowest BCUT2D eigenvalue weighted by Gasteiger charge is -2.17. The minimum absolute atomic E-state index is 0.0488. The molecule has 0 bridgehead atoms. The van der Waals surface area contributed by atoms with Crippen LogP contribution >= 0.6 is 0 Å². The average molecular weight is 222 g/mol. The van der Waals surface area contributed by atoms with Gasteiger partial charge < -0.3 is 10.3 Å². The zero-order valence-electron chi connectivity index (χ0n) is 10.9. The van der Waals surface area contributed by atoms with Gasteiger partial charge >= 0.3 is 0 Å². The van der Waals surface area contributed by atoms with E-state index in [-0.39, 0.29) is 11.3 Å². The number of nitrogens with one attached hydrogen (secondary N) is 2. The molecule has 90 valence electrons. The number of carbonyl (C=O) groups excluding carboxylic acids is 1. The summed E-state index contributed by atoms with van der Waals surface area (Å²) in [6, 6.07) is 2.08. The molecule has 0 aromatic carbocycles. The predicted molar refractivity (Wildman–Crippen MR) is 66.2 cm³/mol. The first-order valence-corrected chi connectivity index (χ1v) is 5.70. The Morgan fingerprint density at radius 3 is 2.44 bits per heavy atom. The second kappa shape index (κ2) is 4.73. The summed E-state index contributed by atoms with van der Waals surface area (Å²) < 4.78 is 0. The normalized spacial score (nSPS) is 11.6. The van der Waals surface area contributed by atoms with E-state index in [1.165, 1.54) is 5.56 Å². The van der Waals surface area contributed by atoms with Crippen molar-refractivity contribution in [2.24, 2.45) is 5.41 Å². The van der Waals surface area contributed by atoms with Gasteiger partial charge in [-0.2, -0.15) is 0 Å². The molecule has 0 unspecified atom stereocenters. The molecule has 3 heteroatoms. The van der Waals surface area contributed by atoms with Crippen LogP contribution in [-0.4, -0.2) is 10.9 Å². The fraction of sp³-hybridized carbons (Fsp3) is 0.615. The number of aromatic nitrogens is 1. The fourth-order valence-electron chi connectivity index (χ4n) is 1.70. The highest BCUT2D eigenvalue weighted by atomic mass is 16.1. The van der Waals surface area contributed by atoms with Gasteiger partial charge in [0.05, 0.1) is 0 Å². The number of hydrogen-bond acceptors (Lipinski definition) is 1. The van der Waals surface area contributed by atoms with Crippen LogP contribution in [0, 0.1) is 19.3 Å². The van der Waals surface area contributed by atoms with Gasteiger partial charge in [-0.25, -0.2) is 0 Å². The highest BCUT2D eigenvalue weighted by molar-refractivity contribution is 5.76. The van der Waals surface area contributed by atoms with Crippen LogP contribution < -0.4 is 5.32 Å². The van der Waals surface area contributed by atoms with E-state index in [9.17, 15) is 4.79 Å². The van der Waals surface area contributed by atoms with Gasteiger partial charge in [-0.05, 0) is 30.9 Å². The van der Waals surface area contributed by atoms with Crippen LogP contribution in [0.5, 0.6) is 0 Å². The number of H-pyrrole nitrogens is 1. The van der Waals surface area contributed by atoms with E-state index >= 15 is 0 Å². The Bertz CT molecular complexity index is 372. The molecule has 0 radical (unpaired) electrons. The van der Waals surface area contributed by atoms with E-state index in [0.29, 0.717) is 13.0 Å². The number of carbonyl (C=O) groups is 1. The number of aromatic amines is 1. The van der Waals surface area contributed by atoms with Crippen molar-refractivity contribution in [2.45, 2.75) is 47.6 Å². The van der Waals surface area contributed by atoms with Gasteiger partial charge in [0, 0.05) is 24.4 Å². The monoisotopic (exact) mass is 222 g/mol. The maximum atomic E-state index is 11.6. The van der Waals surface area contributed by atoms with Crippen LogP contribution in [0.15, 0.2) is 6.07 Å². The first-order valence-electron chi connectivity index (χ1n) is 5.70. The summed E-state index contributed by atoms with van der Waals surface area (Å²) in [6.07, 6.45) is 0.565. The second-order valence-corrected chi connectivity index (χ2v) is 5.62. The zero-order valence-corrected chi connectivity index (χ0v) is 10.9. The minimum Gasteiger partial charge on any atom is -0.362 e. The van der Waals surface area contributed by atoms with Crippen LogP contribution in [0.25, 0.3) is 0 Å². The van der Waals surface area contributed by atoms with E-state index in [1.807, 2.05) is 13.8 Å². The Labute approximate surface area is 97.6 Å². The lowest BCUT2D eigenvalue weighted by Crippen LogP contribution is -2.27. The molecule has 16 heavy (non-hydrogen) atoms. The third-order valence-electron chi connectivity index (χ3n) is 2.42.